The van der Waals surface area contributed by atoms with E-state index >= 15 is 0 Å². The van der Waals surface area contributed by atoms with Crippen molar-refractivity contribution in [1.82, 2.24) is 4.31 Å². The van der Waals surface area contributed by atoms with Gasteiger partial charge in [0, 0.05) is 23.3 Å². The van der Waals surface area contributed by atoms with Crippen molar-refractivity contribution >= 4 is 33.2 Å². The number of fused-ring (bicyclic) bond motifs is 1. The Bertz CT molecular complexity index is 1260. The molecule has 1 heterocycles. The third-order valence-corrected chi connectivity index (χ3v) is 7.09. The Hall–Kier alpha value is -3.07. The molecule has 0 radical (unpaired) electrons. The minimum Gasteiger partial charge on any atom is -0.486 e. The maximum Gasteiger partial charge on any atom is 0.243 e. The number of amides is 1. The summed E-state index contributed by atoms with van der Waals surface area (Å²) in [6, 6.07) is 18.4. The lowest BCUT2D eigenvalue weighted by atomic mass is 10.2. The molecule has 1 N–H and O–H groups in total. The predicted molar refractivity (Wildman–Crippen MR) is 126 cm³/mol. The first-order valence-electron chi connectivity index (χ1n) is 10.3. The third kappa shape index (κ3) is 5.65. The van der Waals surface area contributed by atoms with Crippen molar-refractivity contribution < 1.29 is 22.7 Å². The molecular weight excluding hydrogens is 464 g/mol. The van der Waals surface area contributed by atoms with Crippen LogP contribution < -0.4 is 14.8 Å². The first-order chi connectivity index (χ1) is 15.8. The predicted octanol–water partition coefficient (Wildman–Crippen LogP) is 4.25. The molecule has 4 rings (SSSR count). The van der Waals surface area contributed by atoms with Gasteiger partial charge < -0.3 is 14.8 Å². The van der Waals surface area contributed by atoms with E-state index in [1.165, 1.54) is 12.1 Å². The van der Waals surface area contributed by atoms with Crippen LogP contribution in [0.2, 0.25) is 5.02 Å². The molecule has 3 aromatic rings. The van der Waals surface area contributed by atoms with Gasteiger partial charge in [-0.15, -0.1) is 0 Å². The van der Waals surface area contributed by atoms with Crippen LogP contribution in [0.1, 0.15) is 11.1 Å². The number of anilines is 1. The highest BCUT2D eigenvalue weighted by molar-refractivity contribution is 7.89. The molecule has 0 atom stereocenters. The van der Waals surface area contributed by atoms with E-state index in [9.17, 15) is 13.2 Å². The van der Waals surface area contributed by atoms with Crippen molar-refractivity contribution in [2.24, 2.45) is 0 Å². The maximum absolute atomic E-state index is 13.4. The fraction of sp³-hybridized carbons (Fsp3) is 0.208. The highest BCUT2D eigenvalue weighted by atomic mass is 35.5. The van der Waals surface area contributed by atoms with Crippen molar-refractivity contribution in [2.45, 2.75) is 18.4 Å². The van der Waals surface area contributed by atoms with E-state index < -0.39 is 15.9 Å². The van der Waals surface area contributed by atoms with E-state index in [0.717, 1.165) is 9.87 Å². The third-order valence-electron chi connectivity index (χ3n) is 5.05. The molecule has 33 heavy (non-hydrogen) atoms. The number of carbonyl (C=O) groups is 1. The van der Waals surface area contributed by atoms with Crippen LogP contribution in [0.4, 0.5) is 5.69 Å². The van der Waals surface area contributed by atoms with Crippen molar-refractivity contribution in [3.05, 3.63) is 82.9 Å². The van der Waals surface area contributed by atoms with Crippen molar-refractivity contribution in [3.8, 4) is 11.5 Å². The van der Waals surface area contributed by atoms with Gasteiger partial charge in [0.2, 0.25) is 15.9 Å². The number of carbonyl (C=O) groups excluding carboxylic acids is 1. The summed E-state index contributed by atoms with van der Waals surface area (Å²) in [5, 5.41) is 3.23. The van der Waals surface area contributed by atoms with E-state index in [2.05, 4.69) is 5.32 Å². The first-order valence-corrected chi connectivity index (χ1v) is 12.1. The number of aryl methyl sites for hydroxylation is 1. The van der Waals surface area contributed by atoms with Gasteiger partial charge in [-0.3, -0.25) is 4.79 Å². The standard InChI is InChI=1S/C24H23ClN2O5S/c1-17-5-8-21(9-6-17)33(29,30)27(15-18-3-2-4-19(25)13-18)16-24(28)26-20-7-10-22-23(14-20)32-12-11-31-22/h2-10,13-14H,11-12,15-16H2,1H3,(H,26,28). The molecule has 0 fully saturated rings. The molecule has 1 amide bonds. The fourth-order valence-corrected chi connectivity index (χ4v) is 5.00. The van der Waals surface area contributed by atoms with Crippen LogP contribution in [-0.2, 0) is 21.4 Å². The van der Waals surface area contributed by atoms with Gasteiger partial charge in [0.05, 0.1) is 11.4 Å². The summed E-state index contributed by atoms with van der Waals surface area (Å²) >= 11 is 6.08. The van der Waals surface area contributed by atoms with Crippen LogP contribution in [0.15, 0.2) is 71.6 Å². The van der Waals surface area contributed by atoms with Gasteiger partial charge in [-0.05, 0) is 48.9 Å². The van der Waals surface area contributed by atoms with E-state index in [-0.39, 0.29) is 18.0 Å². The molecule has 0 aliphatic carbocycles. The second-order valence-electron chi connectivity index (χ2n) is 7.62. The lowest BCUT2D eigenvalue weighted by molar-refractivity contribution is -0.116. The fourth-order valence-electron chi connectivity index (χ4n) is 3.41. The number of nitrogens with one attached hydrogen (secondary N) is 1. The number of halogens is 1. The van der Waals surface area contributed by atoms with Crippen LogP contribution in [0.5, 0.6) is 11.5 Å². The van der Waals surface area contributed by atoms with Gasteiger partial charge in [-0.2, -0.15) is 4.31 Å². The number of benzene rings is 3. The topological polar surface area (TPSA) is 84.9 Å². The summed E-state index contributed by atoms with van der Waals surface area (Å²) in [5.41, 5.74) is 2.09. The zero-order valence-electron chi connectivity index (χ0n) is 18.0. The summed E-state index contributed by atoms with van der Waals surface area (Å²) in [6.45, 7) is 2.38. The highest BCUT2D eigenvalue weighted by Gasteiger charge is 2.27. The Morgan fingerprint density at radius 2 is 1.73 bits per heavy atom. The zero-order chi connectivity index (χ0) is 23.4. The SMILES string of the molecule is Cc1ccc(S(=O)(=O)N(CC(=O)Nc2ccc3c(c2)OCCO3)Cc2cccc(Cl)c2)cc1. The quantitative estimate of drug-likeness (QED) is 0.539. The highest BCUT2D eigenvalue weighted by Crippen LogP contribution is 2.32. The summed E-state index contributed by atoms with van der Waals surface area (Å²) in [7, 11) is -3.95. The normalized spacial score (nSPS) is 13.1. The summed E-state index contributed by atoms with van der Waals surface area (Å²) in [5.74, 6) is 0.648. The molecule has 172 valence electrons. The van der Waals surface area contributed by atoms with Gasteiger partial charge in [0.15, 0.2) is 11.5 Å². The van der Waals surface area contributed by atoms with Crippen LogP contribution >= 0.6 is 11.6 Å². The van der Waals surface area contributed by atoms with Gasteiger partial charge in [0.25, 0.3) is 0 Å². The minimum atomic E-state index is -3.95. The van der Waals surface area contributed by atoms with E-state index in [1.54, 1.807) is 54.6 Å². The van der Waals surface area contributed by atoms with Crippen LogP contribution in [0, 0.1) is 6.92 Å². The van der Waals surface area contributed by atoms with Gasteiger partial charge in [-0.25, -0.2) is 8.42 Å². The number of hydrogen-bond acceptors (Lipinski definition) is 5. The van der Waals surface area contributed by atoms with E-state index in [4.69, 9.17) is 21.1 Å². The van der Waals surface area contributed by atoms with Gasteiger partial charge in [0.1, 0.15) is 13.2 Å². The molecule has 1 aliphatic heterocycles. The Labute approximate surface area is 197 Å². The zero-order valence-corrected chi connectivity index (χ0v) is 19.5. The molecule has 0 unspecified atom stereocenters. The van der Waals surface area contributed by atoms with Crippen molar-refractivity contribution in [3.63, 3.8) is 0 Å². The van der Waals surface area contributed by atoms with Crippen LogP contribution in [0.25, 0.3) is 0 Å². The molecule has 0 bridgehead atoms. The van der Waals surface area contributed by atoms with Crippen LogP contribution in [-0.4, -0.2) is 38.4 Å². The Balaban J connectivity index is 1.57. The monoisotopic (exact) mass is 486 g/mol. The summed E-state index contributed by atoms with van der Waals surface area (Å²) in [4.78, 5) is 13.0. The second-order valence-corrected chi connectivity index (χ2v) is 10.00. The number of ether oxygens (including phenoxy) is 2. The molecule has 1 aliphatic rings. The molecule has 0 saturated heterocycles. The smallest absolute Gasteiger partial charge is 0.243 e. The summed E-state index contributed by atoms with van der Waals surface area (Å²) < 4.78 is 38.9. The molecule has 7 nitrogen and oxygen atoms in total. The number of sulfonamides is 1. The van der Waals surface area contributed by atoms with Crippen LogP contribution in [0.3, 0.4) is 0 Å². The summed E-state index contributed by atoms with van der Waals surface area (Å²) in [6.07, 6.45) is 0. The minimum absolute atomic E-state index is 0.00860. The first kappa shape index (κ1) is 23.1. The average molecular weight is 487 g/mol. The average Bonchev–Trinajstić information content (AvgIpc) is 2.79. The number of nitrogens with zero attached hydrogens (tertiary/aromatic N) is 1. The maximum atomic E-state index is 13.4. The van der Waals surface area contributed by atoms with E-state index in [1.807, 2.05) is 6.92 Å². The molecule has 0 saturated carbocycles. The lowest BCUT2D eigenvalue weighted by Crippen LogP contribution is -2.37. The Morgan fingerprint density at radius 3 is 2.45 bits per heavy atom. The van der Waals surface area contributed by atoms with Gasteiger partial charge >= 0.3 is 0 Å². The second kappa shape index (κ2) is 9.82. The molecule has 0 aromatic heterocycles. The van der Waals surface area contributed by atoms with Crippen molar-refractivity contribution in [2.75, 3.05) is 25.1 Å². The Morgan fingerprint density at radius 1 is 1.00 bits per heavy atom. The van der Waals surface area contributed by atoms with E-state index in [0.29, 0.717) is 41.0 Å². The number of rotatable bonds is 7. The molecule has 0 spiro atoms. The number of hydrogen-bond donors (Lipinski definition) is 1. The Kier molecular flexibility index (Phi) is 6.88. The molecule has 9 heteroatoms. The lowest BCUT2D eigenvalue weighted by Gasteiger charge is -2.23. The van der Waals surface area contributed by atoms with Gasteiger partial charge in [-0.1, -0.05) is 41.4 Å². The largest absolute Gasteiger partial charge is 0.486 e. The molecular formula is C24H23ClN2O5S. The van der Waals surface area contributed by atoms with Crippen molar-refractivity contribution in [1.29, 1.82) is 0 Å². The molecule has 3 aromatic carbocycles.